The summed E-state index contributed by atoms with van der Waals surface area (Å²) in [5, 5.41) is 13.0. The summed E-state index contributed by atoms with van der Waals surface area (Å²) in [6, 6.07) is 1.73. The number of urea groups is 1. The van der Waals surface area contributed by atoms with Crippen molar-refractivity contribution in [2.75, 3.05) is 5.32 Å². The molecule has 0 heterocycles. The first kappa shape index (κ1) is 16.7. The molecular formula is C12H13ClFN3O4. The molecule has 7 nitrogen and oxygen atoms in total. The van der Waals surface area contributed by atoms with Crippen molar-refractivity contribution in [2.45, 2.75) is 18.9 Å². The molecular weight excluding hydrogens is 305 g/mol. The van der Waals surface area contributed by atoms with Crippen LogP contribution in [0.1, 0.15) is 12.8 Å². The fourth-order valence-corrected chi connectivity index (χ4v) is 1.64. The summed E-state index contributed by atoms with van der Waals surface area (Å²) in [7, 11) is 0. The number of carbonyl (C=O) groups excluding carboxylic acids is 2. The molecule has 0 saturated carbocycles. The number of hydrogen-bond donors (Lipinski definition) is 4. The number of anilines is 1. The van der Waals surface area contributed by atoms with Crippen LogP contribution in [0.3, 0.4) is 0 Å². The first-order valence-electron chi connectivity index (χ1n) is 5.84. The zero-order valence-corrected chi connectivity index (χ0v) is 11.5. The van der Waals surface area contributed by atoms with Gasteiger partial charge in [-0.15, -0.1) is 0 Å². The zero-order valence-electron chi connectivity index (χ0n) is 10.7. The van der Waals surface area contributed by atoms with E-state index in [9.17, 15) is 18.8 Å². The number of benzene rings is 1. The summed E-state index contributed by atoms with van der Waals surface area (Å²) < 4.78 is 13.6. The van der Waals surface area contributed by atoms with E-state index in [-0.39, 0.29) is 23.6 Å². The maximum absolute atomic E-state index is 13.6. The van der Waals surface area contributed by atoms with Crippen LogP contribution in [0.15, 0.2) is 18.2 Å². The molecule has 0 fully saturated rings. The molecule has 5 N–H and O–H groups in total. The summed E-state index contributed by atoms with van der Waals surface area (Å²) in [6.45, 7) is 0. The second-order valence-electron chi connectivity index (χ2n) is 4.10. The molecule has 0 bridgehead atoms. The Balaban J connectivity index is 2.67. The van der Waals surface area contributed by atoms with Gasteiger partial charge in [0.2, 0.25) is 5.91 Å². The molecule has 1 rings (SSSR count). The number of halogens is 2. The predicted octanol–water partition coefficient (Wildman–Crippen LogP) is 1.32. The number of carbonyl (C=O) groups is 3. The van der Waals surface area contributed by atoms with E-state index in [1.807, 2.05) is 0 Å². The SMILES string of the molecule is NC(=O)CCC(NC(=O)Nc1cccc(Cl)c1F)C(=O)O. The average molecular weight is 318 g/mol. The molecule has 3 amide bonds. The highest BCUT2D eigenvalue weighted by molar-refractivity contribution is 6.31. The Morgan fingerprint density at radius 1 is 1.38 bits per heavy atom. The molecule has 0 aromatic heterocycles. The molecule has 1 atom stereocenters. The van der Waals surface area contributed by atoms with Gasteiger partial charge in [-0.1, -0.05) is 17.7 Å². The third-order valence-electron chi connectivity index (χ3n) is 2.48. The summed E-state index contributed by atoms with van der Waals surface area (Å²) >= 11 is 5.55. The van der Waals surface area contributed by atoms with E-state index in [0.29, 0.717) is 0 Å². The van der Waals surface area contributed by atoms with Gasteiger partial charge in [-0.2, -0.15) is 0 Å². The van der Waals surface area contributed by atoms with Crippen molar-refractivity contribution in [1.29, 1.82) is 0 Å². The molecule has 9 heteroatoms. The Morgan fingerprint density at radius 3 is 2.62 bits per heavy atom. The standard InChI is InChI=1S/C12H13ClFN3O4/c13-6-2-1-3-7(10(6)14)16-12(21)17-8(11(19)20)4-5-9(15)18/h1-3,8H,4-5H2,(H2,15,18)(H,19,20)(H2,16,17,21). The van der Waals surface area contributed by atoms with Gasteiger partial charge in [-0.25, -0.2) is 14.0 Å². The number of primary amides is 1. The van der Waals surface area contributed by atoms with Crippen molar-refractivity contribution in [3.8, 4) is 0 Å². The van der Waals surface area contributed by atoms with Crippen LogP contribution >= 0.6 is 11.6 Å². The number of carboxylic acid groups (broad SMARTS) is 1. The van der Waals surface area contributed by atoms with Gasteiger partial charge >= 0.3 is 12.0 Å². The smallest absolute Gasteiger partial charge is 0.326 e. The Hall–Kier alpha value is -2.35. The van der Waals surface area contributed by atoms with E-state index in [4.69, 9.17) is 22.4 Å². The molecule has 0 aliphatic carbocycles. The lowest BCUT2D eigenvalue weighted by molar-refractivity contribution is -0.139. The number of aliphatic carboxylic acids is 1. The van der Waals surface area contributed by atoms with Gasteiger partial charge in [0.15, 0.2) is 5.82 Å². The largest absolute Gasteiger partial charge is 0.480 e. The highest BCUT2D eigenvalue weighted by Gasteiger charge is 2.21. The van der Waals surface area contributed by atoms with Crippen LogP contribution in [0.4, 0.5) is 14.9 Å². The number of nitrogens with two attached hydrogens (primary N) is 1. The van der Waals surface area contributed by atoms with Gasteiger partial charge in [0.1, 0.15) is 6.04 Å². The fraction of sp³-hybridized carbons (Fsp3) is 0.250. The predicted molar refractivity (Wildman–Crippen MR) is 73.4 cm³/mol. The molecule has 0 radical (unpaired) electrons. The van der Waals surface area contributed by atoms with Gasteiger partial charge in [0.25, 0.3) is 0 Å². The molecule has 21 heavy (non-hydrogen) atoms. The number of carboxylic acids is 1. The highest BCUT2D eigenvalue weighted by Crippen LogP contribution is 2.21. The lowest BCUT2D eigenvalue weighted by Gasteiger charge is -2.14. The number of amides is 3. The maximum atomic E-state index is 13.6. The fourth-order valence-electron chi connectivity index (χ4n) is 1.46. The Kier molecular flexibility index (Phi) is 5.92. The van der Waals surface area contributed by atoms with Crippen LogP contribution in [-0.4, -0.2) is 29.1 Å². The second-order valence-corrected chi connectivity index (χ2v) is 4.50. The van der Waals surface area contributed by atoms with Crippen LogP contribution in [0.25, 0.3) is 0 Å². The first-order valence-corrected chi connectivity index (χ1v) is 6.21. The first-order chi connectivity index (χ1) is 9.81. The second kappa shape index (κ2) is 7.44. The molecule has 0 aliphatic rings. The molecule has 1 aromatic rings. The van der Waals surface area contributed by atoms with Crippen LogP contribution in [0, 0.1) is 5.82 Å². The van der Waals surface area contributed by atoms with Gasteiger partial charge in [0, 0.05) is 6.42 Å². The third-order valence-corrected chi connectivity index (χ3v) is 2.77. The Morgan fingerprint density at radius 2 is 2.05 bits per heavy atom. The summed E-state index contributed by atoms with van der Waals surface area (Å²) in [5.74, 6) is -2.86. The highest BCUT2D eigenvalue weighted by atomic mass is 35.5. The molecule has 114 valence electrons. The van der Waals surface area contributed by atoms with Crippen molar-refractivity contribution < 1.29 is 23.9 Å². The lowest BCUT2D eigenvalue weighted by atomic mass is 10.1. The number of nitrogens with one attached hydrogen (secondary N) is 2. The quantitative estimate of drug-likeness (QED) is 0.632. The average Bonchev–Trinajstić information content (AvgIpc) is 2.39. The van der Waals surface area contributed by atoms with E-state index in [0.717, 1.165) is 0 Å². The zero-order chi connectivity index (χ0) is 16.0. The topological polar surface area (TPSA) is 122 Å². The van der Waals surface area contributed by atoms with Gasteiger partial charge in [0.05, 0.1) is 10.7 Å². The molecule has 1 unspecified atom stereocenters. The van der Waals surface area contributed by atoms with E-state index < -0.39 is 29.8 Å². The Bertz CT molecular complexity index is 567. The van der Waals surface area contributed by atoms with Crippen molar-refractivity contribution in [1.82, 2.24) is 5.32 Å². The van der Waals surface area contributed by atoms with Gasteiger partial charge < -0.3 is 21.5 Å². The molecule has 0 spiro atoms. The Labute approximate surface area is 124 Å². The van der Waals surface area contributed by atoms with Crippen LogP contribution < -0.4 is 16.4 Å². The number of rotatable bonds is 6. The monoisotopic (exact) mass is 317 g/mol. The van der Waals surface area contributed by atoms with E-state index in [1.54, 1.807) is 0 Å². The summed E-state index contributed by atoms with van der Waals surface area (Å²) in [4.78, 5) is 33.2. The minimum Gasteiger partial charge on any atom is -0.480 e. The molecule has 0 saturated heterocycles. The van der Waals surface area contributed by atoms with Crippen molar-refractivity contribution in [3.63, 3.8) is 0 Å². The minimum atomic E-state index is -1.34. The van der Waals surface area contributed by atoms with Gasteiger partial charge in [-0.05, 0) is 18.6 Å². The van der Waals surface area contributed by atoms with Gasteiger partial charge in [-0.3, -0.25) is 4.79 Å². The third kappa shape index (κ3) is 5.27. The van der Waals surface area contributed by atoms with Crippen LogP contribution in [0.2, 0.25) is 5.02 Å². The number of hydrogen-bond acceptors (Lipinski definition) is 3. The van der Waals surface area contributed by atoms with E-state index in [2.05, 4.69) is 10.6 Å². The minimum absolute atomic E-state index is 0.171. The van der Waals surface area contributed by atoms with Crippen molar-refractivity contribution in [2.24, 2.45) is 5.73 Å². The molecule has 0 aliphatic heterocycles. The lowest BCUT2D eigenvalue weighted by Crippen LogP contribution is -2.43. The van der Waals surface area contributed by atoms with E-state index in [1.165, 1.54) is 18.2 Å². The van der Waals surface area contributed by atoms with Crippen molar-refractivity contribution in [3.05, 3.63) is 29.0 Å². The maximum Gasteiger partial charge on any atom is 0.326 e. The summed E-state index contributed by atoms with van der Waals surface area (Å²) in [6.07, 6.45) is -0.376. The van der Waals surface area contributed by atoms with E-state index >= 15 is 0 Å². The van der Waals surface area contributed by atoms with Crippen molar-refractivity contribution >= 4 is 35.2 Å². The normalized spacial score (nSPS) is 11.5. The van der Waals surface area contributed by atoms with Crippen LogP contribution in [-0.2, 0) is 9.59 Å². The molecule has 1 aromatic carbocycles. The van der Waals surface area contributed by atoms with Crippen LogP contribution in [0.5, 0.6) is 0 Å². The summed E-state index contributed by atoms with van der Waals surface area (Å²) in [5.41, 5.74) is 4.71.